The van der Waals surface area contributed by atoms with E-state index in [0.717, 1.165) is 48.9 Å². The highest BCUT2D eigenvalue weighted by molar-refractivity contribution is 5.85. The summed E-state index contributed by atoms with van der Waals surface area (Å²) in [5, 5.41) is 0.933. The van der Waals surface area contributed by atoms with Crippen molar-refractivity contribution in [3.05, 3.63) is 39.7 Å². The van der Waals surface area contributed by atoms with Gasteiger partial charge in [-0.1, -0.05) is 13.3 Å². The third kappa shape index (κ3) is 3.03. The van der Waals surface area contributed by atoms with Gasteiger partial charge in [0.25, 0.3) is 5.91 Å². The van der Waals surface area contributed by atoms with Crippen molar-refractivity contribution in [2.75, 3.05) is 13.1 Å². The van der Waals surface area contributed by atoms with Crippen LogP contribution in [0.4, 0.5) is 0 Å². The van der Waals surface area contributed by atoms with Crippen LogP contribution in [0.3, 0.4) is 0 Å². The molecule has 0 spiro atoms. The predicted octanol–water partition coefficient (Wildman–Crippen LogP) is 3.05. The molecule has 0 saturated carbocycles. The number of hydrogen-bond acceptors (Lipinski definition) is 4. The molecule has 1 aromatic carbocycles. The zero-order valence-electron chi connectivity index (χ0n) is 14.4. The summed E-state index contributed by atoms with van der Waals surface area (Å²) in [6, 6.07) is 5.32. The summed E-state index contributed by atoms with van der Waals surface area (Å²) in [6.07, 6.45) is 2.29. The van der Waals surface area contributed by atoms with Crippen LogP contribution < -0.4 is 10.4 Å². The first-order valence-electron chi connectivity index (χ1n) is 8.53. The van der Waals surface area contributed by atoms with Crippen LogP contribution in [0, 0.1) is 6.92 Å². The first-order chi connectivity index (χ1) is 11.5. The molecule has 5 nitrogen and oxygen atoms in total. The molecule has 2 aromatic rings. The monoisotopic (exact) mass is 329 g/mol. The Balaban J connectivity index is 1.93. The summed E-state index contributed by atoms with van der Waals surface area (Å²) in [7, 11) is 0. The minimum Gasteiger partial charge on any atom is -0.480 e. The third-order valence-electron chi connectivity index (χ3n) is 4.54. The lowest BCUT2D eigenvalue weighted by Gasteiger charge is -2.33. The standard InChI is InChI=1S/C19H23NO4/c1-4-6-14-11-17(21)24-18-12(2)16(8-7-15(14)18)23-13(3)19(22)20-9-5-10-20/h7-8,11,13H,4-6,9-10H2,1-3H3. The van der Waals surface area contributed by atoms with Gasteiger partial charge in [0.05, 0.1) is 0 Å². The molecule has 1 atom stereocenters. The van der Waals surface area contributed by atoms with E-state index in [9.17, 15) is 9.59 Å². The van der Waals surface area contributed by atoms with Crippen molar-refractivity contribution in [3.8, 4) is 5.75 Å². The van der Waals surface area contributed by atoms with Gasteiger partial charge in [0.1, 0.15) is 11.3 Å². The van der Waals surface area contributed by atoms with Crippen LogP contribution in [0.5, 0.6) is 5.75 Å². The Hall–Kier alpha value is -2.30. The highest BCUT2D eigenvalue weighted by Crippen LogP contribution is 2.30. The molecule has 0 radical (unpaired) electrons. The summed E-state index contributed by atoms with van der Waals surface area (Å²) in [4.78, 5) is 25.9. The lowest BCUT2D eigenvalue weighted by molar-refractivity contribution is -0.141. The summed E-state index contributed by atoms with van der Waals surface area (Å²) in [5.41, 5.74) is 1.94. The lowest BCUT2D eigenvalue weighted by atomic mass is 10.0. The third-order valence-corrected chi connectivity index (χ3v) is 4.54. The highest BCUT2D eigenvalue weighted by Gasteiger charge is 2.27. The fraction of sp³-hybridized carbons (Fsp3) is 0.474. The molecule has 24 heavy (non-hydrogen) atoms. The largest absolute Gasteiger partial charge is 0.480 e. The molecule has 1 saturated heterocycles. The van der Waals surface area contributed by atoms with Gasteiger partial charge in [0.2, 0.25) is 0 Å². The van der Waals surface area contributed by atoms with Gasteiger partial charge in [-0.05, 0) is 44.4 Å². The van der Waals surface area contributed by atoms with Crippen LogP contribution in [0.1, 0.15) is 37.8 Å². The van der Waals surface area contributed by atoms with Crippen molar-refractivity contribution < 1.29 is 13.9 Å². The number of aryl methyl sites for hydroxylation is 2. The minimum absolute atomic E-state index is 0.00179. The molecule has 5 heteroatoms. The number of rotatable bonds is 5. The fourth-order valence-electron chi connectivity index (χ4n) is 3.05. The second-order valence-electron chi connectivity index (χ2n) is 6.34. The van der Waals surface area contributed by atoms with Gasteiger partial charge in [0.15, 0.2) is 6.10 Å². The van der Waals surface area contributed by atoms with Crippen LogP contribution in [0.15, 0.2) is 27.4 Å². The summed E-state index contributed by atoms with van der Waals surface area (Å²) >= 11 is 0. The zero-order chi connectivity index (χ0) is 17.3. The molecule has 3 rings (SSSR count). The van der Waals surface area contributed by atoms with E-state index in [1.54, 1.807) is 17.9 Å². The topological polar surface area (TPSA) is 59.8 Å². The molecule has 0 N–H and O–H groups in total. The van der Waals surface area contributed by atoms with Crippen molar-refractivity contribution in [1.29, 1.82) is 0 Å². The Morgan fingerprint density at radius 1 is 1.38 bits per heavy atom. The quantitative estimate of drug-likeness (QED) is 0.791. The summed E-state index contributed by atoms with van der Waals surface area (Å²) < 4.78 is 11.3. The van der Waals surface area contributed by atoms with Crippen molar-refractivity contribution in [2.45, 2.75) is 46.1 Å². The maximum atomic E-state index is 12.2. The van der Waals surface area contributed by atoms with Crippen LogP contribution in [-0.4, -0.2) is 30.0 Å². The zero-order valence-corrected chi connectivity index (χ0v) is 14.4. The van der Waals surface area contributed by atoms with E-state index in [1.165, 1.54) is 0 Å². The average molecular weight is 329 g/mol. The molecule has 1 unspecified atom stereocenters. The molecular weight excluding hydrogens is 306 g/mol. The Morgan fingerprint density at radius 2 is 2.12 bits per heavy atom. The molecule has 1 fully saturated rings. The van der Waals surface area contributed by atoms with Crippen LogP contribution in [0.25, 0.3) is 11.0 Å². The maximum Gasteiger partial charge on any atom is 0.336 e. The predicted molar refractivity (Wildman–Crippen MR) is 92.5 cm³/mol. The molecule has 128 valence electrons. The molecule has 2 heterocycles. The molecule has 1 aromatic heterocycles. The SMILES string of the molecule is CCCc1cc(=O)oc2c(C)c(OC(C)C(=O)N3CCC3)ccc12. The number of benzene rings is 1. The first kappa shape index (κ1) is 16.6. The van der Waals surface area contributed by atoms with Crippen molar-refractivity contribution in [3.63, 3.8) is 0 Å². The molecule has 1 aliphatic heterocycles. The van der Waals surface area contributed by atoms with Gasteiger partial charge >= 0.3 is 5.63 Å². The number of fused-ring (bicyclic) bond motifs is 1. The Labute approximate surface area is 141 Å². The Kier molecular flexibility index (Phi) is 4.60. The molecule has 0 bridgehead atoms. The van der Waals surface area contributed by atoms with Crippen LogP contribution in [0.2, 0.25) is 0 Å². The number of hydrogen-bond donors (Lipinski definition) is 0. The first-order valence-corrected chi connectivity index (χ1v) is 8.53. The maximum absolute atomic E-state index is 12.2. The van der Waals surface area contributed by atoms with E-state index < -0.39 is 6.10 Å². The number of likely N-dealkylation sites (tertiary alicyclic amines) is 1. The van der Waals surface area contributed by atoms with Gasteiger partial charge in [-0.3, -0.25) is 4.79 Å². The average Bonchev–Trinajstić information content (AvgIpc) is 2.49. The van der Waals surface area contributed by atoms with Gasteiger partial charge in [-0.15, -0.1) is 0 Å². The van der Waals surface area contributed by atoms with Gasteiger partial charge in [0, 0.05) is 30.1 Å². The Morgan fingerprint density at radius 3 is 2.75 bits per heavy atom. The van der Waals surface area contributed by atoms with Crippen LogP contribution >= 0.6 is 0 Å². The molecule has 0 aliphatic carbocycles. The van der Waals surface area contributed by atoms with Gasteiger partial charge in [-0.25, -0.2) is 4.79 Å². The van der Waals surface area contributed by atoms with Crippen molar-refractivity contribution >= 4 is 16.9 Å². The van der Waals surface area contributed by atoms with E-state index in [2.05, 4.69) is 6.92 Å². The van der Waals surface area contributed by atoms with E-state index >= 15 is 0 Å². The Bertz CT molecular complexity index is 820. The van der Waals surface area contributed by atoms with E-state index in [4.69, 9.17) is 9.15 Å². The number of nitrogens with zero attached hydrogens (tertiary/aromatic N) is 1. The number of carbonyl (C=O) groups excluding carboxylic acids is 1. The van der Waals surface area contributed by atoms with E-state index in [0.29, 0.717) is 11.3 Å². The number of ether oxygens (including phenoxy) is 1. The van der Waals surface area contributed by atoms with Gasteiger partial charge < -0.3 is 14.1 Å². The van der Waals surface area contributed by atoms with Crippen molar-refractivity contribution in [2.24, 2.45) is 0 Å². The van der Waals surface area contributed by atoms with Gasteiger partial charge in [-0.2, -0.15) is 0 Å². The van der Waals surface area contributed by atoms with Crippen molar-refractivity contribution in [1.82, 2.24) is 4.90 Å². The van der Waals surface area contributed by atoms with Crippen LogP contribution in [-0.2, 0) is 11.2 Å². The highest BCUT2D eigenvalue weighted by atomic mass is 16.5. The second-order valence-corrected chi connectivity index (χ2v) is 6.34. The fourth-order valence-corrected chi connectivity index (χ4v) is 3.05. The smallest absolute Gasteiger partial charge is 0.336 e. The minimum atomic E-state index is -0.549. The summed E-state index contributed by atoms with van der Waals surface area (Å²) in [6.45, 7) is 7.30. The molecular formula is C19H23NO4. The normalized spacial score (nSPS) is 15.2. The number of carbonyl (C=O) groups is 1. The summed E-state index contributed by atoms with van der Waals surface area (Å²) in [5.74, 6) is 0.586. The number of amides is 1. The lowest BCUT2D eigenvalue weighted by Crippen LogP contribution is -2.48. The van der Waals surface area contributed by atoms with E-state index in [1.807, 2.05) is 19.1 Å². The second kappa shape index (κ2) is 6.67. The molecule has 1 aliphatic rings. The van der Waals surface area contributed by atoms with E-state index in [-0.39, 0.29) is 11.5 Å². The molecule has 1 amide bonds.